The highest BCUT2D eigenvalue weighted by Gasteiger charge is 2.54. The summed E-state index contributed by atoms with van der Waals surface area (Å²) in [4.78, 5) is 20.9. The molecule has 0 amide bonds. The van der Waals surface area contributed by atoms with Gasteiger partial charge in [0.15, 0.2) is 0 Å². The number of aromatic nitrogens is 2. The maximum atomic E-state index is 13.8. The molecule has 4 atom stereocenters. The predicted molar refractivity (Wildman–Crippen MR) is 141 cm³/mol. The molecule has 35 heavy (non-hydrogen) atoms. The highest BCUT2D eigenvalue weighted by molar-refractivity contribution is 7.18. The summed E-state index contributed by atoms with van der Waals surface area (Å²) in [6.45, 7) is 3.02. The maximum Gasteiger partial charge on any atom is 0.262 e. The number of hydrogen-bond acceptors (Lipinski definition) is 4. The number of thiophene rings is 1. The van der Waals surface area contributed by atoms with Gasteiger partial charge in [-0.05, 0) is 89.7 Å². The van der Waals surface area contributed by atoms with Crippen molar-refractivity contribution >= 4 is 21.6 Å². The summed E-state index contributed by atoms with van der Waals surface area (Å²) in [7, 11) is 1.75. The van der Waals surface area contributed by atoms with Crippen molar-refractivity contribution in [3.63, 3.8) is 0 Å². The molecule has 3 aliphatic rings. The van der Waals surface area contributed by atoms with Crippen LogP contribution in [0.25, 0.3) is 10.2 Å². The molecule has 3 aliphatic carbocycles. The second kappa shape index (κ2) is 7.79. The number of benzene rings is 2. The highest BCUT2D eigenvalue weighted by atomic mass is 32.1. The molecule has 0 bridgehead atoms. The van der Waals surface area contributed by atoms with E-state index < -0.39 is 0 Å². The first-order valence-electron chi connectivity index (χ1n) is 12.8. The maximum absolute atomic E-state index is 13.8. The van der Waals surface area contributed by atoms with E-state index in [1.54, 1.807) is 29.3 Å². The van der Waals surface area contributed by atoms with Gasteiger partial charge in [-0.1, -0.05) is 43.3 Å². The summed E-state index contributed by atoms with van der Waals surface area (Å²) < 4.78 is 7.30. The highest BCUT2D eigenvalue weighted by Crippen LogP contribution is 2.62. The summed E-state index contributed by atoms with van der Waals surface area (Å²) in [5.74, 6) is 2.87. The third-order valence-electron chi connectivity index (χ3n) is 9.25. The summed E-state index contributed by atoms with van der Waals surface area (Å²) in [5.41, 5.74) is 5.66. The van der Waals surface area contributed by atoms with Crippen LogP contribution in [0, 0.1) is 11.8 Å². The average molecular weight is 483 g/mol. The quantitative estimate of drug-likeness (QED) is 0.355. The van der Waals surface area contributed by atoms with E-state index in [1.807, 2.05) is 18.2 Å². The lowest BCUT2D eigenvalue weighted by Crippen LogP contribution is -2.43. The zero-order valence-corrected chi connectivity index (χ0v) is 21.1. The molecule has 2 aromatic heterocycles. The molecule has 1 saturated carbocycles. The van der Waals surface area contributed by atoms with Gasteiger partial charge in [0.25, 0.3) is 5.56 Å². The first-order chi connectivity index (χ1) is 17.1. The molecule has 2 heterocycles. The van der Waals surface area contributed by atoms with Crippen LogP contribution in [0.2, 0.25) is 0 Å². The molecule has 0 saturated heterocycles. The van der Waals surface area contributed by atoms with Gasteiger partial charge >= 0.3 is 0 Å². The zero-order valence-electron chi connectivity index (χ0n) is 20.3. The van der Waals surface area contributed by atoms with Crippen molar-refractivity contribution in [1.82, 2.24) is 9.55 Å². The molecule has 2 aromatic carbocycles. The van der Waals surface area contributed by atoms with Crippen LogP contribution in [0.5, 0.6) is 5.75 Å². The molecule has 4 aromatic rings. The number of ether oxygens (including phenoxy) is 1. The monoisotopic (exact) mass is 482 g/mol. The lowest BCUT2D eigenvalue weighted by molar-refractivity contribution is 0.106. The van der Waals surface area contributed by atoms with Gasteiger partial charge in [-0.2, -0.15) is 0 Å². The van der Waals surface area contributed by atoms with E-state index in [4.69, 9.17) is 9.72 Å². The van der Waals surface area contributed by atoms with Gasteiger partial charge in [0, 0.05) is 4.88 Å². The van der Waals surface area contributed by atoms with Crippen molar-refractivity contribution in [2.45, 2.75) is 56.9 Å². The Morgan fingerprint density at radius 3 is 2.86 bits per heavy atom. The lowest BCUT2D eigenvalue weighted by atomic mass is 9.55. The fourth-order valence-electron chi connectivity index (χ4n) is 7.61. The number of hydrogen-bond donors (Lipinski definition) is 0. The van der Waals surface area contributed by atoms with Crippen LogP contribution in [0.1, 0.15) is 59.2 Å². The fraction of sp³-hybridized carbons (Fsp3) is 0.400. The van der Waals surface area contributed by atoms with E-state index in [0.29, 0.717) is 24.3 Å². The van der Waals surface area contributed by atoms with Crippen molar-refractivity contribution in [2.75, 3.05) is 7.11 Å². The Balaban J connectivity index is 1.28. The molecule has 0 spiro atoms. The second-order valence-corrected chi connectivity index (χ2v) is 12.0. The Hall–Kier alpha value is -2.92. The van der Waals surface area contributed by atoms with Crippen molar-refractivity contribution in [3.05, 3.63) is 92.3 Å². The average Bonchev–Trinajstić information content (AvgIpc) is 3.40. The number of fused-ring (bicyclic) bond motifs is 9. The number of rotatable bonds is 3. The van der Waals surface area contributed by atoms with Gasteiger partial charge in [-0.3, -0.25) is 9.36 Å². The van der Waals surface area contributed by atoms with E-state index >= 15 is 0 Å². The van der Waals surface area contributed by atoms with Crippen LogP contribution in [-0.2, 0) is 24.8 Å². The van der Waals surface area contributed by atoms with Crippen molar-refractivity contribution in [3.8, 4) is 5.75 Å². The van der Waals surface area contributed by atoms with Crippen LogP contribution in [-0.4, -0.2) is 16.7 Å². The molecule has 1 fully saturated rings. The smallest absolute Gasteiger partial charge is 0.262 e. The van der Waals surface area contributed by atoms with Crippen molar-refractivity contribution in [1.29, 1.82) is 0 Å². The van der Waals surface area contributed by atoms with E-state index in [1.165, 1.54) is 34.4 Å². The van der Waals surface area contributed by atoms with E-state index in [-0.39, 0.29) is 11.0 Å². The van der Waals surface area contributed by atoms with Gasteiger partial charge in [0.05, 0.1) is 25.4 Å². The van der Waals surface area contributed by atoms with Crippen LogP contribution >= 0.6 is 11.3 Å². The van der Waals surface area contributed by atoms with Gasteiger partial charge < -0.3 is 4.74 Å². The summed E-state index contributed by atoms with van der Waals surface area (Å²) in [6.07, 6.45) is 7.51. The van der Waals surface area contributed by atoms with Crippen molar-refractivity contribution < 1.29 is 4.74 Å². The molecule has 5 heteroatoms. The largest absolute Gasteiger partial charge is 0.497 e. The van der Waals surface area contributed by atoms with Gasteiger partial charge in [-0.25, -0.2) is 4.98 Å². The third-order valence-corrected chi connectivity index (χ3v) is 10.4. The minimum Gasteiger partial charge on any atom is -0.497 e. The van der Waals surface area contributed by atoms with Gasteiger partial charge in [0.1, 0.15) is 10.6 Å². The Morgan fingerprint density at radius 1 is 1.17 bits per heavy atom. The topological polar surface area (TPSA) is 44.1 Å². The third kappa shape index (κ3) is 3.10. The van der Waals surface area contributed by atoms with Gasteiger partial charge in [0.2, 0.25) is 0 Å². The first-order valence-corrected chi connectivity index (χ1v) is 13.6. The van der Waals surface area contributed by atoms with E-state index in [9.17, 15) is 4.79 Å². The lowest BCUT2D eigenvalue weighted by Gasteiger charge is -2.49. The molecule has 0 N–H and O–H groups in total. The summed E-state index contributed by atoms with van der Waals surface area (Å²) in [6, 6.07) is 16.9. The van der Waals surface area contributed by atoms with Crippen LogP contribution in [0.4, 0.5) is 0 Å². The molecule has 178 valence electrons. The molecule has 0 unspecified atom stereocenters. The van der Waals surface area contributed by atoms with E-state index in [0.717, 1.165) is 40.8 Å². The molecule has 7 rings (SSSR count). The Labute approximate surface area is 209 Å². The summed E-state index contributed by atoms with van der Waals surface area (Å²) in [5, 5.41) is 0.896. The van der Waals surface area contributed by atoms with E-state index in [2.05, 4.69) is 37.3 Å². The molecule has 0 radical (unpaired) electrons. The Bertz CT molecular complexity index is 1500. The fourth-order valence-corrected chi connectivity index (χ4v) is 8.93. The molecule has 0 aliphatic heterocycles. The van der Waals surface area contributed by atoms with Crippen LogP contribution in [0.3, 0.4) is 0 Å². The zero-order chi connectivity index (χ0) is 23.7. The molecular formula is C30H30N2O2S. The Kier molecular flexibility index (Phi) is 4.76. The predicted octanol–water partition coefficient (Wildman–Crippen LogP) is 6.08. The normalized spacial score (nSPS) is 26.6. The Morgan fingerprint density at radius 2 is 2.03 bits per heavy atom. The van der Waals surface area contributed by atoms with Crippen LogP contribution < -0.4 is 10.3 Å². The second-order valence-electron chi connectivity index (χ2n) is 10.9. The van der Waals surface area contributed by atoms with Gasteiger partial charge in [-0.15, -0.1) is 11.3 Å². The summed E-state index contributed by atoms with van der Waals surface area (Å²) >= 11 is 1.77. The number of nitrogens with zero attached hydrogens (tertiary/aromatic N) is 2. The molecular weight excluding hydrogens is 452 g/mol. The minimum absolute atomic E-state index is 0.0610. The number of aryl methyl sites for hydroxylation is 1. The first kappa shape index (κ1) is 21.4. The van der Waals surface area contributed by atoms with Crippen LogP contribution in [0.15, 0.2) is 59.7 Å². The molecule has 4 nitrogen and oxygen atoms in total. The minimum atomic E-state index is 0.0610. The standard InChI is InChI=1S/C30H30N2O2S/c1-30-13-12-22-21-11-9-20(34-2)14-19(21)8-10-23(22)24(30)15-25-27(30)26-28(35-25)31-17-32(29(26)33)16-18-6-4-3-5-7-18/h3-7,9,11,14,17,22-24H,8,10,12-13,15-16H2,1-2H3/t22-,23-,24-,30-/m1/s1. The number of methoxy groups -OCH3 is 1. The van der Waals surface area contributed by atoms with Crippen molar-refractivity contribution in [2.24, 2.45) is 11.8 Å². The SMILES string of the molecule is COc1ccc2c(c1)CC[C@@H]1[C@@H]2CC[C@@]2(C)c3c(sc4ncn(Cc5ccccc5)c(=O)c34)C[C@H]12.